The van der Waals surface area contributed by atoms with Gasteiger partial charge in [-0.15, -0.1) is 0 Å². The zero-order valence-electron chi connectivity index (χ0n) is 16.8. The van der Waals surface area contributed by atoms with E-state index in [-0.39, 0.29) is 24.1 Å². The van der Waals surface area contributed by atoms with Crippen LogP contribution in [-0.2, 0) is 9.53 Å². The third kappa shape index (κ3) is 5.35. The third-order valence-electron chi connectivity index (χ3n) is 4.40. The Labute approximate surface area is 175 Å². The molecule has 0 fully saturated rings. The number of esters is 1. The molecule has 1 heterocycles. The molecule has 0 aliphatic heterocycles. The van der Waals surface area contributed by atoms with Crippen molar-refractivity contribution in [1.82, 2.24) is 10.3 Å². The second kappa shape index (κ2) is 10.1. The summed E-state index contributed by atoms with van der Waals surface area (Å²) >= 11 is 0. The Bertz CT molecular complexity index is 1010. The van der Waals surface area contributed by atoms with Gasteiger partial charge in [0.2, 0.25) is 0 Å². The van der Waals surface area contributed by atoms with Crippen LogP contribution >= 0.6 is 0 Å². The average Bonchev–Trinajstić information content (AvgIpc) is 2.78. The molecule has 1 amide bonds. The number of hydrogen-bond acceptors (Lipinski definition) is 6. The Morgan fingerprint density at radius 3 is 2.50 bits per heavy atom. The zero-order chi connectivity index (χ0) is 21.3. The summed E-state index contributed by atoms with van der Waals surface area (Å²) in [5.74, 6) is -0.118. The SMILES string of the molecule is COc1ccccc1Nc1ncccc1C(=O)OCC(=O)NC(C)c1ccccc1. The van der Waals surface area contributed by atoms with E-state index in [1.807, 2.05) is 49.4 Å². The minimum Gasteiger partial charge on any atom is -0.495 e. The van der Waals surface area contributed by atoms with Crippen molar-refractivity contribution in [2.24, 2.45) is 0 Å². The summed E-state index contributed by atoms with van der Waals surface area (Å²) in [6.45, 7) is 1.48. The number of para-hydroxylation sites is 2. The van der Waals surface area contributed by atoms with Crippen molar-refractivity contribution in [3.8, 4) is 5.75 Å². The zero-order valence-corrected chi connectivity index (χ0v) is 16.8. The molecule has 0 aliphatic rings. The fourth-order valence-corrected chi connectivity index (χ4v) is 2.86. The molecule has 7 heteroatoms. The van der Waals surface area contributed by atoms with E-state index in [0.29, 0.717) is 17.3 Å². The van der Waals surface area contributed by atoms with Crippen molar-refractivity contribution in [3.05, 3.63) is 84.1 Å². The van der Waals surface area contributed by atoms with E-state index in [1.54, 1.807) is 37.6 Å². The van der Waals surface area contributed by atoms with E-state index >= 15 is 0 Å². The van der Waals surface area contributed by atoms with Crippen LogP contribution in [0.2, 0.25) is 0 Å². The van der Waals surface area contributed by atoms with Crippen LogP contribution in [0.5, 0.6) is 5.75 Å². The Hall–Kier alpha value is -3.87. The van der Waals surface area contributed by atoms with Crippen molar-refractivity contribution < 1.29 is 19.1 Å². The molecule has 1 atom stereocenters. The average molecular weight is 405 g/mol. The summed E-state index contributed by atoms with van der Waals surface area (Å²) in [6.07, 6.45) is 1.56. The number of methoxy groups -OCH3 is 1. The molecule has 3 rings (SSSR count). The van der Waals surface area contributed by atoms with Crippen LogP contribution in [0.1, 0.15) is 28.9 Å². The van der Waals surface area contributed by atoms with E-state index in [2.05, 4.69) is 15.6 Å². The first-order valence-electron chi connectivity index (χ1n) is 9.45. The Morgan fingerprint density at radius 1 is 1.00 bits per heavy atom. The maximum atomic E-state index is 12.6. The normalized spacial score (nSPS) is 11.3. The molecule has 30 heavy (non-hydrogen) atoms. The minimum atomic E-state index is -0.650. The van der Waals surface area contributed by atoms with Crippen LogP contribution in [-0.4, -0.2) is 30.6 Å². The number of aromatic nitrogens is 1. The van der Waals surface area contributed by atoms with Crippen LogP contribution in [0.3, 0.4) is 0 Å². The number of nitrogens with zero attached hydrogens (tertiary/aromatic N) is 1. The van der Waals surface area contributed by atoms with Crippen LogP contribution in [0, 0.1) is 0 Å². The van der Waals surface area contributed by atoms with Crippen molar-refractivity contribution >= 4 is 23.4 Å². The molecule has 7 nitrogen and oxygen atoms in total. The minimum absolute atomic E-state index is 0.196. The number of ether oxygens (including phenoxy) is 2. The molecule has 0 saturated carbocycles. The molecule has 2 aromatic carbocycles. The van der Waals surface area contributed by atoms with Crippen LogP contribution in [0.25, 0.3) is 0 Å². The summed E-state index contributed by atoms with van der Waals surface area (Å²) in [5.41, 5.74) is 1.84. The summed E-state index contributed by atoms with van der Waals surface area (Å²) in [4.78, 5) is 29.0. The summed E-state index contributed by atoms with van der Waals surface area (Å²) < 4.78 is 10.5. The number of anilines is 2. The van der Waals surface area contributed by atoms with Crippen molar-refractivity contribution in [2.45, 2.75) is 13.0 Å². The highest BCUT2D eigenvalue weighted by Crippen LogP contribution is 2.27. The van der Waals surface area contributed by atoms with Crippen LogP contribution < -0.4 is 15.4 Å². The van der Waals surface area contributed by atoms with E-state index in [1.165, 1.54) is 0 Å². The topological polar surface area (TPSA) is 89.6 Å². The predicted octanol–water partition coefficient (Wildman–Crippen LogP) is 3.87. The number of hydrogen-bond donors (Lipinski definition) is 2. The van der Waals surface area contributed by atoms with Gasteiger partial charge in [-0.3, -0.25) is 4.79 Å². The largest absolute Gasteiger partial charge is 0.495 e. The lowest BCUT2D eigenvalue weighted by Crippen LogP contribution is -2.31. The quantitative estimate of drug-likeness (QED) is 0.553. The molecule has 1 unspecified atom stereocenters. The number of carbonyl (C=O) groups excluding carboxylic acids is 2. The van der Waals surface area contributed by atoms with E-state index in [0.717, 1.165) is 5.56 Å². The number of benzene rings is 2. The number of carbonyl (C=O) groups is 2. The first-order valence-corrected chi connectivity index (χ1v) is 9.45. The Balaban J connectivity index is 1.62. The summed E-state index contributed by atoms with van der Waals surface area (Å²) in [5, 5.41) is 5.89. The Kier molecular flexibility index (Phi) is 7.00. The third-order valence-corrected chi connectivity index (χ3v) is 4.40. The lowest BCUT2D eigenvalue weighted by molar-refractivity contribution is -0.124. The molecule has 1 aromatic heterocycles. The molecular formula is C23H23N3O4. The van der Waals surface area contributed by atoms with Gasteiger partial charge in [-0.05, 0) is 36.8 Å². The smallest absolute Gasteiger partial charge is 0.342 e. The fraction of sp³-hybridized carbons (Fsp3) is 0.174. The second-order valence-electron chi connectivity index (χ2n) is 6.50. The molecule has 0 radical (unpaired) electrons. The van der Waals surface area contributed by atoms with Gasteiger partial charge in [-0.2, -0.15) is 0 Å². The van der Waals surface area contributed by atoms with Gasteiger partial charge in [0.15, 0.2) is 6.61 Å². The van der Waals surface area contributed by atoms with Gasteiger partial charge in [-0.1, -0.05) is 42.5 Å². The molecule has 2 N–H and O–H groups in total. The first kappa shape index (κ1) is 20.9. The molecular weight excluding hydrogens is 382 g/mol. The Morgan fingerprint density at radius 2 is 1.73 bits per heavy atom. The molecule has 0 aliphatic carbocycles. The first-order chi connectivity index (χ1) is 14.6. The maximum Gasteiger partial charge on any atom is 0.342 e. The highest BCUT2D eigenvalue weighted by molar-refractivity contribution is 5.96. The lowest BCUT2D eigenvalue weighted by Gasteiger charge is -2.15. The molecule has 0 spiro atoms. The van der Waals surface area contributed by atoms with Crippen LogP contribution in [0.4, 0.5) is 11.5 Å². The molecule has 0 bridgehead atoms. The van der Waals surface area contributed by atoms with E-state index in [9.17, 15) is 9.59 Å². The number of amides is 1. The summed E-state index contributed by atoms with van der Waals surface area (Å²) in [6, 6.07) is 19.8. The number of pyridine rings is 1. The van der Waals surface area contributed by atoms with Gasteiger partial charge in [0, 0.05) is 6.20 Å². The van der Waals surface area contributed by atoms with Gasteiger partial charge >= 0.3 is 5.97 Å². The van der Waals surface area contributed by atoms with Gasteiger partial charge in [0.1, 0.15) is 17.1 Å². The highest BCUT2D eigenvalue weighted by atomic mass is 16.5. The van der Waals surface area contributed by atoms with Crippen LogP contribution in [0.15, 0.2) is 72.9 Å². The number of nitrogens with one attached hydrogen (secondary N) is 2. The highest BCUT2D eigenvalue weighted by Gasteiger charge is 2.17. The maximum absolute atomic E-state index is 12.6. The number of rotatable bonds is 8. The predicted molar refractivity (Wildman–Crippen MR) is 114 cm³/mol. The van der Waals surface area contributed by atoms with Gasteiger partial charge in [-0.25, -0.2) is 9.78 Å². The standard InChI is InChI=1S/C23H23N3O4/c1-16(17-9-4-3-5-10-17)25-21(27)15-30-23(28)18-11-8-14-24-22(18)26-19-12-6-7-13-20(19)29-2/h3-14,16H,15H2,1-2H3,(H,24,26)(H,25,27). The van der Waals surface area contributed by atoms with E-state index in [4.69, 9.17) is 9.47 Å². The molecule has 3 aromatic rings. The second-order valence-corrected chi connectivity index (χ2v) is 6.50. The lowest BCUT2D eigenvalue weighted by atomic mass is 10.1. The summed E-state index contributed by atoms with van der Waals surface area (Å²) in [7, 11) is 1.56. The van der Waals surface area contributed by atoms with E-state index < -0.39 is 5.97 Å². The fourth-order valence-electron chi connectivity index (χ4n) is 2.86. The molecule has 154 valence electrons. The van der Waals surface area contributed by atoms with Gasteiger partial charge in [0.25, 0.3) is 5.91 Å². The van der Waals surface area contributed by atoms with Crippen molar-refractivity contribution in [3.63, 3.8) is 0 Å². The van der Waals surface area contributed by atoms with Crippen molar-refractivity contribution in [1.29, 1.82) is 0 Å². The monoisotopic (exact) mass is 405 g/mol. The van der Waals surface area contributed by atoms with Gasteiger partial charge in [0.05, 0.1) is 18.8 Å². The molecule has 0 saturated heterocycles. The van der Waals surface area contributed by atoms with Gasteiger partial charge < -0.3 is 20.1 Å². The van der Waals surface area contributed by atoms with Crippen molar-refractivity contribution in [2.75, 3.05) is 19.0 Å².